The molecule has 0 saturated heterocycles. The Morgan fingerprint density at radius 2 is 1.95 bits per heavy atom. The molecule has 0 radical (unpaired) electrons. The summed E-state index contributed by atoms with van der Waals surface area (Å²) >= 11 is 5.94. The molecule has 0 heterocycles. The summed E-state index contributed by atoms with van der Waals surface area (Å²) in [5.41, 5.74) is 7.63. The highest BCUT2D eigenvalue weighted by Crippen LogP contribution is 2.31. The molecule has 0 saturated carbocycles. The third-order valence-electron chi connectivity index (χ3n) is 2.77. The quantitative estimate of drug-likeness (QED) is 0.911. The summed E-state index contributed by atoms with van der Waals surface area (Å²) in [6.45, 7) is 0.829. The second-order valence-corrected chi connectivity index (χ2v) is 4.51. The van der Waals surface area contributed by atoms with Gasteiger partial charge in [-0.2, -0.15) is 0 Å². The number of para-hydroxylation sites is 1. The molecule has 2 rings (SSSR count). The Labute approximate surface area is 117 Å². The van der Waals surface area contributed by atoms with Crippen molar-refractivity contribution in [1.82, 2.24) is 0 Å². The highest BCUT2D eigenvalue weighted by atomic mass is 35.5. The van der Waals surface area contributed by atoms with E-state index in [4.69, 9.17) is 26.8 Å². The average Bonchev–Trinajstić information content (AvgIpc) is 2.44. The van der Waals surface area contributed by atoms with Crippen LogP contribution < -0.4 is 15.2 Å². The Kier molecular flexibility index (Phi) is 4.66. The highest BCUT2D eigenvalue weighted by molar-refractivity contribution is 6.30. The van der Waals surface area contributed by atoms with Gasteiger partial charge in [0.25, 0.3) is 0 Å². The minimum absolute atomic E-state index is 0.405. The first-order chi connectivity index (χ1) is 9.24. The molecule has 100 valence electrons. The van der Waals surface area contributed by atoms with Crippen LogP contribution >= 0.6 is 11.6 Å². The van der Waals surface area contributed by atoms with Crippen LogP contribution in [0.25, 0.3) is 0 Å². The van der Waals surface area contributed by atoms with Gasteiger partial charge in [-0.15, -0.1) is 0 Å². The molecule has 0 fully saturated rings. The summed E-state index contributed by atoms with van der Waals surface area (Å²) in [6.07, 6.45) is 0. The van der Waals surface area contributed by atoms with Crippen LogP contribution in [-0.2, 0) is 13.2 Å². The first-order valence-corrected chi connectivity index (χ1v) is 6.35. The third-order valence-corrected chi connectivity index (χ3v) is 3.01. The van der Waals surface area contributed by atoms with Crippen molar-refractivity contribution in [2.75, 3.05) is 7.11 Å². The molecule has 0 amide bonds. The number of hydrogen-bond donors (Lipinski definition) is 1. The fraction of sp³-hybridized carbons (Fsp3) is 0.200. The lowest BCUT2D eigenvalue weighted by atomic mass is 10.2. The fourth-order valence-electron chi connectivity index (χ4n) is 1.83. The first-order valence-electron chi connectivity index (χ1n) is 5.97. The van der Waals surface area contributed by atoms with Gasteiger partial charge in [0, 0.05) is 17.1 Å². The highest BCUT2D eigenvalue weighted by Gasteiger charge is 2.09. The third kappa shape index (κ3) is 3.40. The summed E-state index contributed by atoms with van der Waals surface area (Å²) in [5, 5.41) is 0.695. The molecule has 4 heteroatoms. The standard InChI is InChI=1S/C15H16ClNO2/c1-18-14-7-3-5-12(9-17)15(14)19-10-11-4-2-6-13(16)8-11/h2-8H,9-10,17H2,1H3. The average molecular weight is 278 g/mol. The second kappa shape index (κ2) is 6.45. The van der Waals surface area contributed by atoms with E-state index in [1.54, 1.807) is 7.11 Å². The predicted octanol–water partition coefficient (Wildman–Crippen LogP) is 3.39. The lowest BCUT2D eigenvalue weighted by molar-refractivity contribution is 0.281. The van der Waals surface area contributed by atoms with E-state index < -0.39 is 0 Å². The van der Waals surface area contributed by atoms with E-state index in [0.29, 0.717) is 29.7 Å². The van der Waals surface area contributed by atoms with Gasteiger partial charge in [-0.25, -0.2) is 0 Å². The van der Waals surface area contributed by atoms with Crippen molar-refractivity contribution >= 4 is 11.6 Å². The van der Waals surface area contributed by atoms with Crippen molar-refractivity contribution in [3.8, 4) is 11.5 Å². The smallest absolute Gasteiger partial charge is 0.166 e. The van der Waals surface area contributed by atoms with E-state index in [2.05, 4.69) is 0 Å². The summed E-state index contributed by atoms with van der Waals surface area (Å²) in [7, 11) is 1.61. The number of ether oxygens (including phenoxy) is 2. The van der Waals surface area contributed by atoms with Crippen molar-refractivity contribution < 1.29 is 9.47 Å². The van der Waals surface area contributed by atoms with Crippen molar-refractivity contribution in [2.45, 2.75) is 13.2 Å². The Morgan fingerprint density at radius 1 is 1.16 bits per heavy atom. The van der Waals surface area contributed by atoms with Gasteiger partial charge < -0.3 is 15.2 Å². The molecule has 0 bridgehead atoms. The SMILES string of the molecule is COc1cccc(CN)c1OCc1cccc(Cl)c1. The van der Waals surface area contributed by atoms with Crippen molar-refractivity contribution in [1.29, 1.82) is 0 Å². The molecule has 2 N–H and O–H groups in total. The number of hydrogen-bond acceptors (Lipinski definition) is 3. The minimum Gasteiger partial charge on any atom is -0.493 e. The van der Waals surface area contributed by atoms with Crippen LogP contribution in [0.3, 0.4) is 0 Å². The Bertz CT molecular complexity index is 535. The van der Waals surface area contributed by atoms with Crippen molar-refractivity contribution in [3.05, 3.63) is 58.6 Å². The normalized spacial score (nSPS) is 10.3. The summed E-state index contributed by atoms with van der Waals surface area (Å²) < 4.78 is 11.1. The monoisotopic (exact) mass is 277 g/mol. The van der Waals surface area contributed by atoms with Crippen LogP contribution in [0.2, 0.25) is 5.02 Å². The van der Waals surface area contributed by atoms with E-state index in [1.807, 2.05) is 42.5 Å². The molecule has 3 nitrogen and oxygen atoms in total. The van der Waals surface area contributed by atoms with Gasteiger partial charge >= 0.3 is 0 Å². The largest absolute Gasteiger partial charge is 0.493 e. The van der Waals surface area contributed by atoms with Gasteiger partial charge in [0.1, 0.15) is 6.61 Å². The zero-order valence-electron chi connectivity index (χ0n) is 10.7. The zero-order valence-corrected chi connectivity index (χ0v) is 11.5. The Balaban J connectivity index is 2.19. The number of methoxy groups -OCH3 is 1. The van der Waals surface area contributed by atoms with Gasteiger partial charge in [0.05, 0.1) is 7.11 Å². The number of halogens is 1. The maximum absolute atomic E-state index is 5.94. The topological polar surface area (TPSA) is 44.5 Å². The molecule has 0 atom stereocenters. The molecule has 19 heavy (non-hydrogen) atoms. The lowest BCUT2D eigenvalue weighted by Crippen LogP contribution is -2.04. The van der Waals surface area contributed by atoms with Gasteiger partial charge in [0.15, 0.2) is 11.5 Å². The number of rotatable bonds is 5. The Hall–Kier alpha value is -1.71. The van der Waals surface area contributed by atoms with E-state index in [9.17, 15) is 0 Å². The van der Waals surface area contributed by atoms with Crippen LogP contribution in [0.5, 0.6) is 11.5 Å². The molecule has 0 aliphatic carbocycles. The molecular formula is C15H16ClNO2. The molecule has 2 aromatic carbocycles. The fourth-order valence-corrected chi connectivity index (χ4v) is 2.04. The molecule has 0 spiro atoms. The van der Waals surface area contributed by atoms with Gasteiger partial charge in [0.2, 0.25) is 0 Å². The summed E-state index contributed by atoms with van der Waals surface area (Å²) in [5.74, 6) is 1.37. The van der Waals surface area contributed by atoms with Crippen LogP contribution in [0.1, 0.15) is 11.1 Å². The molecule has 0 aromatic heterocycles. The molecule has 0 aliphatic rings. The van der Waals surface area contributed by atoms with Crippen LogP contribution in [-0.4, -0.2) is 7.11 Å². The maximum Gasteiger partial charge on any atom is 0.166 e. The molecule has 2 aromatic rings. The maximum atomic E-state index is 5.94. The zero-order chi connectivity index (χ0) is 13.7. The van der Waals surface area contributed by atoms with Gasteiger partial charge in [-0.3, -0.25) is 0 Å². The van der Waals surface area contributed by atoms with E-state index in [-0.39, 0.29) is 0 Å². The van der Waals surface area contributed by atoms with Crippen molar-refractivity contribution in [2.24, 2.45) is 5.73 Å². The Morgan fingerprint density at radius 3 is 2.63 bits per heavy atom. The predicted molar refractivity (Wildman–Crippen MR) is 76.7 cm³/mol. The van der Waals surface area contributed by atoms with Gasteiger partial charge in [-0.1, -0.05) is 35.9 Å². The minimum atomic E-state index is 0.405. The second-order valence-electron chi connectivity index (χ2n) is 4.07. The molecule has 0 unspecified atom stereocenters. The van der Waals surface area contributed by atoms with E-state index in [0.717, 1.165) is 11.1 Å². The molecular weight excluding hydrogens is 262 g/mol. The number of nitrogens with two attached hydrogens (primary N) is 1. The first kappa shape index (κ1) is 13.7. The van der Waals surface area contributed by atoms with Crippen LogP contribution in [0, 0.1) is 0 Å². The van der Waals surface area contributed by atoms with Crippen molar-refractivity contribution in [3.63, 3.8) is 0 Å². The molecule has 0 aliphatic heterocycles. The van der Waals surface area contributed by atoms with E-state index in [1.165, 1.54) is 0 Å². The summed E-state index contributed by atoms with van der Waals surface area (Å²) in [4.78, 5) is 0. The van der Waals surface area contributed by atoms with Gasteiger partial charge in [-0.05, 0) is 23.8 Å². The number of benzene rings is 2. The summed E-state index contributed by atoms with van der Waals surface area (Å²) in [6, 6.07) is 13.2. The lowest BCUT2D eigenvalue weighted by Gasteiger charge is -2.14. The van der Waals surface area contributed by atoms with E-state index >= 15 is 0 Å². The van der Waals surface area contributed by atoms with Crippen LogP contribution in [0.4, 0.5) is 0 Å². The van der Waals surface area contributed by atoms with Crippen LogP contribution in [0.15, 0.2) is 42.5 Å².